The summed E-state index contributed by atoms with van der Waals surface area (Å²) in [6.07, 6.45) is -2.58. The van der Waals surface area contributed by atoms with Crippen LogP contribution in [0.25, 0.3) is 0 Å². The molecule has 0 aliphatic carbocycles. The highest BCUT2D eigenvalue weighted by atomic mass is 35.5. The molecular weight excluding hydrogens is 2030 g/mol. The summed E-state index contributed by atoms with van der Waals surface area (Å²) in [5, 5.41) is 67.0. The van der Waals surface area contributed by atoms with Gasteiger partial charge in [-0.3, -0.25) is 150 Å². The summed E-state index contributed by atoms with van der Waals surface area (Å²) in [6, 6.07) is 28.3. The number of amides is 16. The second kappa shape index (κ2) is 45.3. The Balaban J connectivity index is 0.000000179. The lowest BCUT2D eigenvalue weighted by molar-refractivity contribution is -0.385. The van der Waals surface area contributed by atoms with Crippen molar-refractivity contribution >= 4 is 200 Å². The van der Waals surface area contributed by atoms with Crippen LogP contribution < -0.4 is 45.9 Å². The van der Waals surface area contributed by atoms with Crippen LogP contribution in [0.5, 0.6) is 0 Å². The number of ether oxygens (including phenoxy) is 2. The molecule has 7 atom stereocenters. The molecule has 0 radical (unpaired) electrons. The van der Waals surface area contributed by atoms with E-state index < -0.39 is 223 Å². The van der Waals surface area contributed by atoms with Gasteiger partial charge in [-0.15, -0.1) is 0 Å². The first kappa shape index (κ1) is 113. The number of carboxylic acid groups (broad SMARTS) is 5. The van der Waals surface area contributed by atoms with Crippen molar-refractivity contribution in [1.29, 1.82) is 0 Å². The third-order valence-corrected chi connectivity index (χ3v) is 26.4. The maximum absolute atomic E-state index is 12.6. The number of fused-ring (bicyclic) bond motifs is 7. The van der Waals surface area contributed by atoms with Crippen LogP contribution in [0.3, 0.4) is 0 Å². The second-order valence-electron chi connectivity index (χ2n) is 35.1. The van der Waals surface area contributed by atoms with Crippen LogP contribution in [-0.2, 0) is 96.2 Å². The number of aliphatic carboxylic acids is 5. The summed E-state index contributed by atoms with van der Waals surface area (Å²) >= 11 is 12.1. The lowest BCUT2D eigenvalue weighted by Gasteiger charge is -2.35. The van der Waals surface area contributed by atoms with Gasteiger partial charge in [0, 0.05) is 120 Å². The van der Waals surface area contributed by atoms with Crippen molar-refractivity contribution < 1.29 is 165 Å². The number of cyclic esters (lactones) is 4. The van der Waals surface area contributed by atoms with Crippen molar-refractivity contribution in [3.05, 3.63) is 236 Å². The van der Waals surface area contributed by atoms with Gasteiger partial charge >= 0.3 is 53.7 Å². The van der Waals surface area contributed by atoms with Gasteiger partial charge in [0.25, 0.3) is 76.4 Å². The Bertz CT molecular complexity index is 6930. The molecule has 9 aliphatic rings. The molecule has 0 bridgehead atoms. The fraction of sp³-hybridized carbons (Fsp3) is 0.295. The van der Waals surface area contributed by atoms with E-state index in [2.05, 4.69) is 9.47 Å². The number of nitro benzene ring substituents is 2. The van der Waals surface area contributed by atoms with E-state index in [-0.39, 0.29) is 162 Å². The zero-order valence-electron chi connectivity index (χ0n) is 79.2. The van der Waals surface area contributed by atoms with Gasteiger partial charge in [-0.25, -0.2) is 9.59 Å². The number of halogens is 2. The second-order valence-corrected chi connectivity index (χ2v) is 35.9. The number of nitrogen functional groups attached to an aromatic ring is 3. The minimum Gasteiger partial charge on any atom is -0.481 e. The quantitative estimate of drug-likeness (QED) is 0.00796. The molecule has 16 rings (SSSR count). The number of carboxylic acids is 5. The molecule has 786 valence electrons. The summed E-state index contributed by atoms with van der Waals surface area (Å²) in [6.45, 7) is 5.36. The lowest BCUT2D eigenvalue weighted by atomic mass is 9.92. The van der Waals surface area contributed by atoms with Crippen molar-refractivity contribution in [1.82, 2.24) is 34.3 Å². The van der Waals surface area contributed by atoms with Gasteiger partial charge in [0.15, 0.2) is 0 Å². The molecule has 2 fully saturated rings. The van der Waals surface area contributed by atoms with Crippen LogP contribution in [0.1, 0.15) is 248 Å². The lowest BCUT2D eigenvalue weighted by Crippen LogP contribution is -2.58. The number of nitro groups is 2. The number of hydrogen-bond donors (Lipinski definition) is 13. The summed E-state index contributed by atoms with van der Waals surface area (Å²) in [5.74, 6) is -20.3. The smallest absolute Gasteiger partial charge is 0.337 e. The number of benzene rings is 7. The van der Waals surface area contributed by atoms with Gasteiger partial charge in [-0.2, -0.15) is 0 Å². The number of carbonyl (C=O) groups is 25. The number of hydrogen-bond acceptors (Lipinski definition) is 34. The van der Waals surface area contributed by atoms with Gasteiger partial charge < -0.3 is 95.6 Å². The minimum absolute atomic E-state index is 0.00954. The van der Waals surface area contributed by atoms with E-state index in [0.29, 0.717) is 47.9 Å². The number of imide groups is 4. The zero-order chi connectivity index (χ0) is 112. The van der Waals surface area contributed by atoms with Gasteiger partial charge in [0.1, 0.15) is 45.8 Å². The molecule has 0 spiro atoms. The Labute approximate surface area is 853 Å². The highest BCUT2D eigenvalue weighted by Gasteiger charge is 2.57. The number of primary amides is 5. The molecule has 55 heteroatoms. The van der Waals surface area contributed by atoms with Crippen molar-refractivity contribution in [2.24, 2.45) is 28.7 Å². The van der Waals surface area contributed by atoms with Crippen LogP contribution in [0.2, 0.25) is 10.0 Å². The summed E-state index contributed by atoms with van der Waals surface area (Å²) < 4.78 is 9.07. The van der Waals surface area contributed by atoms with E-state index in [1.165, 1.54) is 109 Å². The number of rotatable bonds is 29. The Hall–Kier alpha value is -18.7. The first-order valence-electron chi connectivity index (χ1n) is 44.5. The average molecular weight is 2120 g/mol. The molecule has 16 amide bonds. The molecule has 9 heterocycles. The number of nitrogens with zero attached hydrogens (tertiary/aromatic N) is 9. The van der Waals surface area contributed by atoms with Crippen LogP contribution in [0.15, 0.2) is 127 Å². The van der Waals surface area contributed by atoms with Gasteiger partial charge in [-0.1, -0.05) is 65.7 Å². The molecule has 150 heavy (non-hydrogen) atoms. The third kappa shape index (κ3) is 22.7. The van der Waals surface area contributed by atoms with E-state index >= 15 is 0 Å². The molecule has 2 saturated heterocycles. The first-order valence-corrected chi connectivity index (χ1v) is 45.2. The average Bonchev–Trinajstić information content (AvgIpc) is 1.58. The van der Waals surface area contributed by atoms with Crippen molar-refractivity contribution in [2.75, 3.05) is 17.2 Å². The largest absolute Gasteiger partial charge is 0.481 e. The van der Waals surface area contributed by atoms with E-state index in [4.69, 9.17) is 94.6 Å². The fourth-order valence-electron chi connectivity index (χ4n) is 17.3. The highest BCUT2D eigenvalue weighted by molar-refractivity contribution is 6.33. The number of esters is 4. The molecule has 53 nitrogen and oxygen atoms in total. The maximum Gasteiger partial charge on any atom is 0.337 e. The normalized spacial score (nSPS) is 17.5. The fourth-order valence-corrected chi connectivity index (χ4v) is 17.8. The molecule has 7 aromatic rings. The van der Waals surface area contributed by atoms with Crippen LogP contribution in [-0.4, -0.2) is 258 Å². The molecule has 0 saturated carbocycles. The monoisotopic (exact) mass is 2120 g/mol. The van der Waals surface area contributed by atoms with Crippen molar-refractivity contribution in [3.8, 4) is 0 Å². The predicted molar refractivity (Wildman–Crippen MR) is 509 cm³/mol. The van der Waals surface area contributed by atoms with E-state index in [9.17, 15) is 140 Å². The number of carbonyl (C=O) groups excluding carboxylic acids is 20. The Kier molecular flexibility index (Phi) is 34.2. The van der Waals surface area contributed by atoms with E-state index in [0.717, 1.165) is 28.4 Å². The van der Waals surface area contributed by atoms with Gasteiger partial charge in [0.2, 0.25) is 29.5 Å². The minimum atomic E-state index is -1.92. The van der Waals surface area contributed by atoms with Crippen molar-refractivity contribution in [2.45, 2.75) is 178 Å². The van der Waals surface area contributed by atoms with Crippen molar-refractivity contribution in [3.63, 3.8) is 0 Å². The van der Waals surface area contributed by atoms with E-state index in [1.54, 1.807) is 42.5 Å². The SMILES string of the molecule is CC(CCC(=O)O)(C(N)=O)N1C(=O)c2cccc(N)c2C1=O.CC(CCC(=O)O)(C(N)=O)N1C(=O)c2cccc(N)c2C1=O.CC(CCC(=O)O)(C(N)=O)N1C(=O)c2cccc([N+](=O)[O-])c2C1=O.CC(CCC(=O)O)(C(N)=O)N1Cc2c(cccc2[N+](=O)[O-])C1=O.NC(=O)C(CCC(=O)O)N1Cc2c(Cl)cccc2C1=O.Nc1cccc2c1C(=O)N(C1CCC(=O)OC1=O)C2=O.O=C1CCC(N2Cc3c(Cl)cccc3C2=O)C(=O)O1. The summed E-state index contributed by atoms with van der Waals surface area (Å²) in [4.78, 5) is 322. The summed E-state index contributed by atoms with van der Waals surface area (Å²) in [5.41, 5.74) is 38.8. The molecule has 0 aromatic heterocycles. The molecule has 7 aromatic carbocycles. The zero-order valence-corrected chi connectivity index (χ0v) is 80.7. The summed E-state index contributed by atoms with van der Waals surface area (Å²) in [7, 11) is 0. The number of anilines is 3. The topological polar surface area (TPSA) is 863 Å². The molecule has 21 N–H and O–H groups in total. The molecule has 9 aliphatic heterocycles. The molecule has 7 unspecified atom stereocenters. The third-order valence-electron chi connectivity index (χ3n) is 25.7. The van der Waals surface area contributed by atoms with Crippen LogP contribution in [0.4, 0.5) is 28.4 Å². The Morgan fingerprint density at radius 2 is 0.693 bits per heavy atom. The van der Waals surface area contributed by atoms with Gasteiger partial charge in [-0.05, 0) is 145 Å². The van der Waals surface area contributed by atoms with E-state index in [1.807, 2.05) is 0 Å². The molecular formula is C95H91Cl2N17O36. The maximum atomic E-state index is 12.6. The first-order chi connectivity index (χ1) is 70.2. The van der Waals surface area contributed by atoms with Crippen LogP contribution in [0, 0.1) is 20.2 Å². The predicted octanol–water partition coefficient (Wildman–Crippen LogP) is 3.55. The Morgan fingerprint density at radius 1 is 0.373 bits per heavy atom. The van der Waals surface area contributed by atoms with Gasteiger partial charge in [0.05, 0.1) is 66.5 Å². The number of nitrogens with two attached hydrogens (primary N) is 8. The highest BCUT2D eigenvalue weighted by Crippen LogP contribution is 2.43. The standard InChI is InChI=1S/C14H13N3O7.C14H15N3O6.2C14H15N3O5.C13H13ClN2O4.C13H10ClNO4.C13H10N2O5/c1-14(13(15)22,6-5-9(18)19)16-11(20)7-3-2-4-8(17(23)24)10(7)12(16)21;1-14(13(15)21,6-5-11(18)19)16-7-9-8(12(16)20)3-2-4-10(9)17(22)23;2*1-14(13(16)22,6-5-9(18)19)17-11(20)7-3-2-4-8(15)10(7)12(17)21;14-9-3-1-2-7-8(9)6-16(13(7)20)10(12(15)19)4-5-11(17)18;14-9-3-1-2-7-8(9)6-15(12(7)17)10-4-5-11(16)19-13(10)18;14-7-3-1-2-6-10(7)12(18)15(11(6)17)8-4-5-9(16)20-13(8)19/h2-4H,5-6H2,1H3,(H2,15,22)(H,18,19);2-4H,5-7H2,1H3,(H2,15,21)(H,18,19);2*2-4H,5-6,15H2,1H3,(H2,16,22)(H,18,19);1-3,10H,4-6H2,(H2,15,19)(H,17,18);1-3,10H,4-6H2;1-3,8H,4-5,14H2. The Morgan fingerprint density at radius 3 is 1.04 bits per heavy atom. The van der Waals surface area contributed by atoms with Crippen LogP contribution >= 0.6 is 23.2 Å².